The number of benzene rings is 1. The molecule has 1 aromatic rings. The summed E-state index contributed by atoms with van der Waals surface area (Å²) >= 11 is 0. The fourth-order valence-corrected chi connectivity index (χ4v) is 3.87. The van der Waals surface area contributed by atoms with Gasteiger partial charge < -0.3 is 24.8 Å². The quantitative estimate of drug-likeness (QED) is 0.464. The van der Waals surface area contributed by atoms with Crippen molar-refractivity contribution in [2.75, 3.05) is 26.3 Å². The number of amides is 2. The average Bonchev–Trinajstić information content (AvgIpc) is 2.77. The third-order valence-corrected chi connectivity index (χ3v) is 5.81. The number of hydrogen-bond acceptors (Lipinski definition) is 4. The van der Waals surface area contributed by atoms with Crippen molar-refractivity contribution in [3.05, 3.63) is 29.8 Å². The third kappa shape index (κ3) is 9.47. The van der Waals surface area contributed by atoms with Crippen LogP contribution in [-0.4, -0.2) is 60.5 Å². The highest BCUT2D eigenvalue weighted by molar-refractivity contribution is 5.74. The van der Waals surface area contributed by atoms with E-state index in [9.17, 15) is 14.7 Å². The second kappa shape index (κ2) is 14.0. The Balaban J connectivity index is 1.84. The standard InChI is InChI=1S/C25H40N2O5/c1-4-31-23(24(28)29)18-20-10-12-22(13-11-20)32-17-16-27(15-14-19(2)3)25(30)26-21-8-6-5-7-9-21/h10-13,19,21,23H,4-9,14-18H2,1-3H3,(H,26,30)(H,28,29). The summed E-state index contributed by atoms with van der Waals surface area (Å²) in [6, 6.07) is 7.68. The van der Waals surface area contributed by atoms with Crippen LogP contribution in [0, 0.1) is 5.92 Å². The van der Waals surface area contributed by atoms with Gasteiger partial charge in [-0.05, 0) is 49.8 Å². The molecule has 0 radical (unpaired) electrons. The predicted molar refractivity (Wildman–Crippen MR) is 125 cm³/mol. The summed E-state index contributed by atoms with van der Waals surface area (Å²) in [6.45, 7) is 8.12. The van der Waals surface area contributed by atoms with E-state index in [-0.39, 0.29) is 12.1 Å². The summed E-state index contributed by atoms with van der Waals surface area (Å²) in [4.78, 5) is 25.9. The fraction of sp³-hybridized carbons (Fsp3) is 0.680. The number of aliphatic carboxylic acids is 1. The second-order valence-corrected chi connectivity index (χ2v) is 8.93. The maximum absolute atomic E-state index is 12.8. The SMILES string of the molecule is CCOC(Cc1ccc(OCCN(CCC(C)C)C(=O)NC2CCCCC2)cc1)C(=O)O. The molecule has 1 unspecified atom stereocenters. The number of carboxylic acid groups (broad SMARTS) is 1. The second-order valence-electron chi connectivity index (χ2n) is 8.93. The Morgan fingerprint density at radius 2 is 1.81 bits per heavy atom. The molecule has 32 heavy (non-hydrogen) atoms. The first-order chi connectivity index (χ1) is 15.4. The van der Waals surface area contributed by atoms with Gasteiger partial charge in [-0.25, -0.2) is 9.59 Å². The molecule has 1 atom stereocenters. The minimum atomic E-state index is -0.958. The lowest BCUT2D eigenvalue weighted by Gasteiger charge is -2.29. The zero-order chi connectivity index (χ0) is 23.3. The van der Waals surface area contributed by atoms with Gasteiger partial charge in [0.1, 0.15) is 12.4 Å². The summed E-state index contributed by atoms with van der Waals surface area (Å²) in [7, 11) is 0. The third-order valence-electron chi connectivity index (χ3n) is 5.81. The van der Waals surface area contributed by atoms with E-state index in [4.69, 9.17) is 9.47 Å². The van der Waals surface area contributed by atoms with Crippen LogP contribution in [0.2, 0.25) is 0 Å². The molecule has 0 spiro atoms. The number of carboxylic acids is 1. The van der Waals surface area contributed by atoms with Crippen molar-refractivity contribution < 1.29 is 24.2 Å². The van der Waals surface area contributed by atoms with Gasteiger partial charge >= 0.3 is 12.0 Å². The van der Waals surface area contributed by atoms with Crippen molar-refractivity contribution in [3.8, 4) is 5.75 Å². The maximum Gasteiger partial charge on any atom is 0.333 e. The van der Waals surface area contributed by atoms with Gasteiger partial charge in [0.25, 0.3) is 0 Å². The van der Waals surface area contributed by atoms with E-state index in [0.29, 0.717) is 44.4 Å². The molecule has 1 aromatic carbocycles. The first kappa shape index (κ1) is 26.0. The average molecular weight is 449 g/mol. The Morgan fingerprint density at radius 1 is 1.12 bits per heavy atom. The summed E-state index contributed by atoms with van der Waals surface area (Å²) in [5, 5.41) is 12.4. The van der Waals surface area contributed by atoms with Crippen molar-refractivity contribution in [1.82, 2.24) is 10.2 Å². The molecule has 0 aliphatic heterocycles. The van der Waals surface area contributed by atoms with Crippen LogP contribution in [-0.2, 0) is 16.0 Å². The number of ether oxygens (including phenoxy) is 2. The molecule has 1 aliphatic rings. The number of hydrogen-bond donors (Lipinski definition) is 2. The van der Waals surface area contributed by atoms with Gasteiger partial charge in [-0.2, -0.15) is 0 Å². The van der Waals surface area contributed by atoms with Gasteiger partial charge in [0, 0.05) is 25.6 Å². The van der Waals surface area contributed by atoms with Gasteiger partial charge in [0.05, 0.1) is 6.54 Å². The number of nitrogens with zero attached hydrogens (tertiary/aromatic N) is 1. The lowest BCUT2D eigenvalue weighted by molar-refractivity contribution is -0.149. The molecule has 0 saturated heterocycles. The minimum Gasteiger partial charge on any atom is -0.492 e. The van der Waals surface area contributed by atoms with E-state index in [0.717, 1.165) is 24.8 Å². The van der Waals surface area contributed by atoms with Crippen LogP contribution < -0.4 is 10.1 Å². The van der Waals surface area contributed by atoms with Crippen LogP contribution in [0.15, 0.2) is 24.3 Å². The summed E-state index contributed by atoms with van der Waals surface area (Å²) < 4.78 is 11.1. The Bertz CT molecular complexity index is 686. The van der Waals surface area contributed by atoms with E-state index in [1.54, 1.807) is 6.92 Å². The van der Waals surface area contributed by atoms with Crippen LogP contribution >= 0.6 is 0 Å². The summed E-state index contributed by atoms with van der Waals surface area (Å²) in [6.07, 6.45) is 6.20. The largest absolute Gasteiger partial charge is 0.492 e. The van der Waals surface area contributed by atoms with Crippen molar-refractivity contribution in [2.24, 2.45) is 5.92 Å². The molecule has 1 aliphatic carbocycles. The molecular weight excluding hydrogens is 408 g/mol. The van der Waals surface area contributed by atoms with E-state index in [2.05, 4.69) is 19.2 Å². The molecular formula is C25H40N2O5. The molecule has 1 saturated carbocycles. The van der Waals surface area contributed by atoms with Gasteiger partial charge in [-0.15, -0.1) is 0 Å². The molecule has 2 amide bonds. The van der Waals surface area contributed by atoms with Gasteiger partial charge in [0.15, 0.2) is 6.10 Å². The molecule has 0 aromatic heterocycles. The zero-order valence-corrected chi connectivity index (χ0v) is 19.8. The molecule has 0 heterocycles. The number of rotatable bonds is 13. The highest BCUT2D eigenvalue weighted by Crippen LogP contribution is 2.18. The first-order valence-corrected chi connectivity index (χ1v) is 12.0. The van der Waals surface area contributed by atoms with Crippen LogP contribution in [0.1, 0.15) is 64.9 Å². The minimum absolute atomic E-state index is 0.00661. The Hall–Kier alpha value is -2.28. The topological polar surface area (TPSA) is 88.1 Å². The van der Waals surface area contributed by atoms with E-state index >= 15 is 0 Å². The Kier molecular flexibility index (Phi) is 11.4. The molecule has 7 heteroatoms. The van der Waals surface area contributed by atoms with Crippen molar-refractivity contribution in [2.45, 2.75) is 77.9 Å². The van der Waals surface area contributed by atoms with E-state index in [1.165, 1.54) is 19.3 Å². The van der Waals surface area contributed by atoms with Gasteiger partial charge in [-0.1, -0.05) is 45.2 Å². The van der Waals surface area contributed by atoms with E-state index in [1.807, 2.05) is 29.2 Å². The molecule has 1 fully saturated rings. The van der Waals surface area contributed by atoms with Crippen LogP contribution in [0.5, 0.6) is 5.75 Å². The fourth-order valence-electron chi connectivity index (χ4n) is 3.87. The van der Waals surface area contributed by atoms with Crippen molar-refractivity contribution in [3.63, 3.8) is 0 Å². The number of carbonyl (C=O) groups excluding carboxylic acids is 1. The Labute approximate surface area is 192 Å². The zero-order valence-electron chi connectivity index (χ0n) is 19.8. The normalized spacial score (nSPS) is 15.4. The number of urea groups is 1. The monoisotopic (exact) mass is 448 g/mol. The molecule has 2 rings (SSSR count). The Morgan fingerprint density at radius 3 is 2.41 bits per heavy atom. The maximum atomic E-state index is 12.8. The van der Waals surface area contributed by atoms with Gasteiger partial charge in [0.2, 0.25) is 0 Å². The number of carbonyl (C=O) groups is 2. The van der Waals surface area contributed by atoms with Crippen LogP contribution in [0.4, 0.5) is 4.79 Å². The van der Waals surface area contributed by atoms with Gasteiger partial charge in [-0.3, -0.25) is 0 Å². The number of nitrogens with one attached hydrogen (secondary N) is 1. The first-order valence-electron chi connectivity index (χ1n) is 12.0. The summed E-state index contributed by atoms with van der Waals surface area (Å²) in [5.41, 5.74) is 0.878. The molecule has 0 bridgehead atoms. The van der Waals surface area contributed by atoms with Crippen molar-refractivity contribution >= 4 is 12.0 Å². The van der Waals surface area contributed by atoms with Crippen LogP contribution in [0.3, 0.4) is 0 Å². The molecule has 2 N–H and O–H groups in total. The smallest absolute Gasteiger partial charge is 0.333 e. The van der Waals surface area contributed by atoms with E-state index < -0.39 is 12.1 Å². The molecule has 180 valence electrons. The summed E-state index contributed by atoms with van der Waals surface area (Å²) in [5.74, 6) is 0.272. The van der Waals surface area contributed by atoms with Crippen molar-refractivity contribution in [1.29, 1.82) is 0 Å². The van der Waals surface area contributed by atoms with Crippen LogP contribution in [0.25, 0.3) is 0 Å². The predicted octanol–water partition coefficient (Wildman–Crippen LogP) is 4.49. The highest BCUT2D eigenvalue weighted by atomic mass is 16.5. The highest BCUT2D eigenvalue weighted by Gasteiger charge is 2.20. The lowest BCUT2D eigenvalue weighted by atomic mass is 9.96. The molecule has 7 nitrogen and oxygen atoms in total. The lowest BCUT2D eigenvalue weighted by Crippen LogP contribution is -2.47.